The van der Waals surface area contributed by atoms with Crippen molar-refractivity contribution < 1.29 is 4.74 Å². The molecule has 3 nitrogen and oxygen atoms in total. The van der Waals surface area contributed by atoms with E-state index in [2.05, 4.69) is 28.6 Å². The number of aryl methyl sites for hydroxylation is 2. The predicted octanol–water partition coefficient (Wildman–Crippen LogP) is 2.91. The zero-order chi connectivity index (χ0) is 11.9. The highest BCUT2D eigenvalue weighted by molar-refractivity contribution is 5.27. The van der Waals surface area contributed by atoms with Crippen molar-refractivity contribution in [3.63, 3.8) is 0 Å². The summed E-state index contributed by atoms with van der Waals surface area (Å²) in [6, 6.07) is 8.31. The third kappa shape index (κ3) is 3.63. The highest BCUT2D eigenvalue weighted by Gasteiger charge is 1.95. The van der Waals surface area contributed by atoms with Crippen molar-refractivity contribution in [2.75, 3.05) is 6.61 Å². The number of hydrogen-bond acceptors (Lipinski definition) is 2. The van der Waals surface area contributed by atoms with Gasteiger partial charge in [-0.15, -0.1) is 0 Å². The molecular weight excluding hydrogens is 212 g/mol. The Morgan fingerprint density at radius 2 is 2.06 bits per heavy atom. The normalized spacial score (nSPS) is 10.4. The molecule has 90 valence electrons. The Morgan fingerprint density at radius 1 is 1.24 bits per heavy atom. The van der Waals surface area contributed by atoms with Crippen LogP contribution in [0.15, 0.2) is 43.0 Å². The Kier molecular flexibility index (Phi) is 4.19. The molecule has 0 aliphatic heterocycles. The predicted molar refractivity (Wildman–Crippen MR) is 68.2 cm³/mol. The van der Waals surface area contributed by atoms with Crippen LogP contribution in [-0.4, -0.2) is 16.2 Å². The van der Waals surface area contributed by atoms with E-state index in [1.807, 2.05) is 24.7 Å². The maximum atomic E-state index is 5.67. The van der Waals surface area contributed by atoms with Crippen LogP contribution >= 0.6 is 0 Å². The van der Waals surface area contributed by atoms with Crippen molar-refractivity contribution in [3.05, 3.63) is 48.5 Å². The summed E-state index contributed by atoms with van der Waals surface area (Å²) in [7, 11) is 0. The Labute approximate surface area is 102 Å². The second-order valence-electron chi connectivity index (χ2n) is 4.00. The molecule has 17 heavy (non-hydrogen) atoms. The van der Waals surface area contributed by atoms with Crippen LogP contribution in [-0.2, 0) is 13.0 Å². The summed E-state index contributed by atoms with van der Waals surface area (Å²) in [5, 5.41) is 0. The van der Waals surface area contributed by atoms with Crippen LogP contribution in [0.2, 0.25) is 0 Å². The fourth-order valence-electron chi connectivity index (χ4n) is 1.68. The third-order valence-electron chi connectivity index (χ3n) is 2.72. The van der Waals surface area contributed by atoms with Crippen LogP contribution in [0, 0.1) is 0 Å². The van der Waals surface area contributed by atoms with E-state index >= 15 is 0 Å². The van der Waals surface area contributed by atoms with Gasteiger partial charge in [0.1, 0.15) is 5.75 Å². The second-order valence-corrected chi connectivity index (χ2v) is 4.00. The Morgan fingerprint density at radius 3 is 2.71 bits per heavy atom. The largest absolute Gasteiger partial charge is 0.494 e. The van der Waals surface area contributed by atoms with E-state index in [0.717, 1.165) is 31.7 Å². The number of nitrogens with zero attached hydrogens (tertiary/aromatic N) is 2. The number of rotatable bonds is 6. The molecule has 1 aromatic carbocycles. The minimum atomic E-state index is 0.740. The summed E-state index contributed by atoms with van der Waals surface area (Å²) >= 11 is 0. The van der Waals surface area contributed by atoms with Crippen molar-refractivity contribution in [1.29, 1.82) is 0 Å². The molecule has 0 fully saturated rings. The van der Waals surface area contributed by atoms with Gasteiger partial charge in [-0.2, -0.15) is 0 Å². The van der Waals surface area contributed by atoms with Crippen molar-refractivity contribution >= 4 is 0 Å². The molecule has 1 aromatic heterocycles. The van der Waals surface area contributed by atoms with Gasteiger partial charge in [-0.25, -0.2) is 4.98 Å². The van der Waals surface area contributed by atoms with E-state index in [9.17, 15) is 0 Å². The van der Waals surface area contributed by atoms with Gasteiger partial charge in [-0.05, 0) is 30.5 Å². The van der Waals surface area contributed by atoms with Gasteiger partial charge >= 0.3 is 0 Å². The van der Waals surface area contributed by atoms with E-state index in [4.69, 9.17) is 4.74 Å². The molecule has 3 heteroatoms. The van der Waals surface area contributed by atoms with E-state index < -0.39 is 0 Å². The van der Waals surface area contributed by atoms with Crippen LogP contribution in [0.5, 0.6) is 5.75 Å². The zero-order valence-corrected chi connectivity index (χ0v) is 10.2. The van der Waals surface area contributed by atoms with Gasteiger partial charge in [0.05, 0.1) is 12.9 Å². The van der Waals surface area contributed by atoms with Crippen LogP contribution in [0.1, 0.15) is 18.9 Å². The summed E-state index contributed by atoms with van der Waals surface area (Å²) < 4.78 is 7.73. The van der Waals surface area contributed by atoms with Crippen molar-refractivity contribution in [3.8, 4) is 5.75 Å². The number of ether oxygens (including phenoxy) is 1. The molecule has 0 radical (unpaired) electrons. The summed E-state index contributed by atoms with van der Waals surface area (Å²) in [4.78, 5) is 4.00. The minimum Gasteiger partial charge on any atom is -0.494 e. The summed E-state index contributed by atoms with van der Waals surface area (Å²) in [5.74, 6) is 0.952. The van der Waals surface area contributed by atoms with Crippen LogP contribution in [0.25, 0.3) is 0 Å². The number of imidazole rings is 1. The van der Waals surface area contributed by atoms with Gasteiger partial charge < -0.3 is 9.30 Å². The van der Waals surface area contributed by atoms with Crippen molar-refractivity contribution in [2.24, 2.45) is 0 Å². The van der Waals surface area contributed by atoms with Gasteiger partial charge in [0, 0.05) is 18.9 Å². The molecule has 0 amide bonds. The maximum Gasteiger partial charge on any atom is 0.119 e. The lowest BCUT2D eigenvalue weighted by Gasteiger charge is -2.07. The molecule has 0 spiro atoms. The topological polar surface area (TPSA) is 27.1 Å². The molecule has 0 aliphatic carbocycles. The van der Waals surface area contributed by atoms with E-state index in [-0.39, 0.29) is 0 Å². The Hall–Kier alpha value is -1.77. The smallest absolute Gasteiger partial charge is 0.119 e. The van der Waals surface area contributed by atoms with Gasteiger partial charge in [-0.3, -0.25) is 0 Å². The lowest BCUT2D eigenvalue weighted by atomic mass is 10.2. The van der Waals surface area contributed by atoms with Crippen LogP contribution < -0.4 is 4.74 Å². The molecule has 1 heterocycles. The highest BCUT2D eigenvalue weighted by atomic mass is 16.5. The monoisotopic (exact) mass is 230 g/mol. The Bertz CT molecular complexity index is 420. The quantitative estimate of drug-likeness (QED) is 0.713. The minimum absolute atomic E-state index is 0.740. The van der Waals surface area contributed by atoms with Gasteiger partial charge in [0.15, 0.2) is 0 Å². The van der Waals surface area contributed by atoms with E-state index in [1.165, 1.54) is 5.56 Å². The zero-order valence-electron chi connectivity index (χ0n) is 10.2. The molecule has 0 saturated carbocycles. The summed E-state index contributed by atoms with van der Waals surface area (Å²) in [5.41, 5.74) is 1.34. The van der Waals surface area contributed by atoms with E-state index in [1.54, 1.807) is 6.20 Å². The molecule has 0 saturated heterocycles. The van der Waals surface area contributed by atoms with Gasteiger partial charge in [0.2, 0.25) is 0 Å². The summed E-state index contributed by atoms with van der Waals surface area (Å²) in [6.07, 6.45) is 7.66. The van der Waals surface area contributed by atoms with Crippen molar-refractivity contribution in [2.45, 2.75) is 26.3 Å². The fourth-order valence-corrected chi connectivity index (χ4v) is 1.68. The third-order valence-corrected chi connectivity index (χ3v) is 2.72. The molecule has 0 N–H and O–H groups in total. The first-order valence-electron chi connectivity index (χ1n) is 6.06. The summed E-state index contributed by atoms with van der Waals surface area (Å²) in [6.45, 7) is 3.84. The average Bonchev–Trinajstić information content (AvgIpc) is 2.88. The average molecular weight is 230 g/mol. The molecule has 0 aliphatic rings. The van der Waals surface area contributed by atoms with Crippen LogP contribution in [0.4, 0.5) is 0 Å². The molecule has 0 bridgehead atoms. The number of aromatic nitrogens is 2. The van der Waals surface area contributed by atoms with Crippen LogP contribution in [0.3, 0.4) is 0 Å². The standard InChI is InChI=1S/C14H18N2O/c1-2-13-4-6-14(7-5-13)17-11-3-9-16-10-8-15-12-16/h4-8,10,12H,2-3,9,11H2,1H3. The molecule has 0 atom stereocenters. The first kappa shape index (κ1) is 11.7. The molecule has 2 aromatic rings. The first-order chi connectivity index (χ1) is 8.38. The van der Waals surface area contributed by atoms with Gasteiger partial charge in [0.25, 0.3) is 0 Å². The van der Waals surface area contributed by atoms with Crippen molar-refractivity contribution in [1.82, 2.24) is 9.55 Å². The first-order valence-corrected chi connectivity index (χ1v) is 6.06. The highest BCUT2D eigenvalue weighted by Crippen LogP contribution is 2.12. The SMILES string of the molecule is CCc1ccc(OCCCn2ccnc2)cc1. The molecular formula is C14H18N2O. The lowest BCUT2D eigenvalue weighted by Crippen LogP contribution is -2.03. The molecule has 2 rings (SSSR count). The second kappa shape index (κ2) is 6.09. The maximum absolute atomic E-state index is 5.67. The lowest BCUT2D eigenvalue weighted by molar-refractivity contribution is 0.301. The molecule has 0 unspecified atom stereocenters. The number of hydrogen-bond donors (Lipinski definition) is 0. The Balaban J connectivity index is 1.70. The van der Waals surface area contributed by atoms with Gasteiger partial charge in [-0.1, -0.05) is 19.1 Å². The van der Waals surface area contributed by atoms with E-state index in [0.29, 0.717) is 0 Å². The fraction of sp³-hybridized carbons (Fsp3) is 0.357. The number of benzene rings is 1.